The van der Waals surface area contributed by atoms with Crippen molar-refractivity contribution in [1.29, 1.82) is 0 Å². The van der Waals surface area contributed by atoms with Crippen LogP contribution in [-0.2, 0) is 4.79 Å². The first-order valence-corrected chi connectivity index (χ1v) is 5.19. The van der Waals surface area contributed by atoms with Crippen LogP contribution < -0.4 is 5.32 Å². The average molecular weight is 209 g/mol. The van der Waals surface area contributed by atoms with Gasteiger partial charge in [0.1, 0.15) is 0 Å². The van der Waals surface area contributed by atoms with Crippen molar-refractivity contribution in [2.75, 3.05) is 5.32 Å². The van der Waals surface area contributed by atoms with Gasteiger partial charge in [-0.15, -0.1) is 0 Å². The van der Waals surface area contributed by atoms with E-state index in [1.165, 1.54) is 0 Å². The minimum atomic E-state index is 0.00683. The number of hydrogen-bond acceptors (Lipinski definition) is 2. The van der Waals surface area contributed by atoms with Gasteiger partial charge in [0.15, 0.2) is 0 Å². The van der Waals surface area contributed by atoms with E-state index in [0.717, 1.165) is 0 Å². The Kier molecular flexibility index (Phi) is 3.50. The normalized spacial score (nSPS) is 13.6. The van der Waals surface area contributed by atoms with Crippen LogP contribution in [-0.4, -0.2) is 15.9 Å². The van der Waals surface area contributed by atoms with Gasteiger partial charge in [-0.3, -0.25) is 10.1 Å². The first-order valence-electron chi connectivity index (χ1n) is 5.19. The molecule has 1 atom stereocenters. The zero-order chi connectivity index (χ0) is 11.5. The highest BCUT2D eigenvalue weighted by atomic mass is 16.1. The zero-order valence-electron chi connectivity index (χ0n) is 9.79. The summed E-state index contributed by atoms with van der Waals surface area (Å²) in [7, 11) is 0. The molecule has 1 aromatic rings. The second-order valence-electron chi connectivity index (χ2n) is 4.96. The molecule has 4 nitrogen and oxygen atoms in total. The van der Waals surface area contributed by atoms with Crippen molar-refractivity contribution >= 4 is 11.9 Å². The second kappa shape index (κ2) is 4.47. The van der Waals surface area contributed by atoms with Crippen LogP contribution in [0.5, 0.6) is 0 Å². The van der Waals surface area contributed by atoms with Crippen molar-refractivity contribution in [2.45, 2.75) is 34.1 Å². The number of aromatic amines is 1. The Morgan fingerprint density at radius 3 is 2.73 bits per heavy atom. The summed E-state index contributed by atoms with van der Waals surface area (Å²) < 4.78 is 0. The molecule has 1 rings (SSSR count). The lowest BCUT2D eigenvalue weighted by molar-refractivity contribution is -0.117. The van der Waals surface area contributed by atoms with Crippen LogP contribution in [0.2, 0.25) is 0 Å². The third-order valence-electron chi connectivity index (χ3n) is 2.73. The van der Waals surface area contributed by atoms with Crippen LogP contribution in [0.4, 0.5) is 5.95 Å². The lowest BCUT2D eigenvalue weighted by Crippen LogP contribution is -2.24. The van der Waals surface area contributed by atoms with E-state index < -0.39 is 0 Å². The van der Waals surface area contributed by atoms with Crippen LogP contribution in [0.25, 0.3) is 0 Å². The first-order chi connectivity index (χ1) is 6.89. The van der Waals surface area contributed by atoms with Gasteiger partial charge < -0.3 is 4.98 Å². The van der Waals surface area contributed by atoms with Gasteiger partial charge in [-0.25, -0.2) is 4.98 Å². The predicted molar refractivity (Wildman–Crippen MR) is 60.5 cm³/mol. The van der Waals surface area contributed by atoms with Crippen LogP contribution in [0.15, 0.2) is 12.4 Å². The van der Waals surface area contributed by atoms with Crippen LogP contribution in [0.3, 0.4) is 0 Å². The summed E-state index contributed by atoms with van der Waals surface area (Å²) in [6.45, 7) is 8.50. The van der Waals surface area contributed by atoms with E-state index in [9.17, 15) is 4.79 Å². The number of anilines is 1. The van der Waals surface area contributed by atoms with Crippen molar-refractivity contribution in [3.63, 3.8) is 0 Å². The van der Waals surface area contributed by atoms with Gasteiger partial charge in [0.25, 0.3) is 0 Å². The standard InChI is InChI=1S/C11H19N3O/c1-8(11(2,3)4)7-9(15)14-10-12-5-6-13-10/h5-6,8H,7H2,1-4H3,(H2,12,13,14,15). The number of H-pyrrole nitrogens is 1. The molecule has 1 amide bonds. The lowest BCUT2D eigenvalue weighted by atomic mass is 9.80. The van der Waals surface area contributed by atoms with Crippen molar-refractivity contribution in [3.8, 4) is 0 Å². The quantitative estimate of drug-likeness (QED) is 0.803. The van der Waals surface area contributed by atoms with Crippen molar-refractivity contribution in [2.24, 2.45) is 11.3 Å². The fourth-order valence-corrected chi connectivity index (χ4v) is 1.10. The van der Waals surface area contributed by atoms with E-state index in [0.29, 0.717) is 18.3 Å². The monoisotopic (exact) mass is 209 g/mol. The SMILES string of the molecule is CC(CC(=O)Nc1ncc[nH]1)C(C)(C)C. The highest BCUT2D eigenvalue weighted by Gasteiger charge is 2.22. The van der Waals surface area contributed by atoms with Crippen molar-refractivity contribution in [3.05, 3.63) is 12.4 Å². The van der Waals surface area contributed by atoms with Gasteiger partial charge in [-0.2, -0.15) is 0 Å². The number of imidazole rings is 1. The molecule has 4 heteroatoms. The van der Waals surface area contributed by atoms with Crippen molar-refractivity contribution in [1.82, 2.24) is 9.97 Å². The molecule has 1 unspecified atom stereocenters. The highest BCUT2D eigenvalue weighted by Crippen LogP contribution is 2.28. The Balaban J connectivity index is 2.43. The molecule has 15 heavy (non-hydrogen) atoms. The van der Waals surface area contributed by atoms with Crippen LogP contribution in [0, 0.1) is 11.3 Å². The number of carbonyl (C=O) groups excluding carboxylic acids is 1. The average Bonchev–Trinajstić information content (AvgIpc) is 2.54. The van der Waals surface area contributed by atoms with Gasteiger partial charge in [-0.1, -0.05) is 27.7 Å². The smallest absolute Gasteiger partial charge is 0.226 e. The number of carbonyl (C=O) groups is 1. The van der Waals surface area contributed by atoms with Crippen molar-refractivity contribution < 1.29 is 4.79 Å². The molecule has 0 saturated carbocycles. The number of nitrogens with zero attached hydrogens (tertiary/aromatic N) is 1. The molecule has 2 N–H and O–H groups in total. The number of hydrogen-bond donors (Lipinski definition) is 2. The van der Waals surface area contributed by atoms with Gasteiger partial charge in [-0.05, 0) is 11.3 Å². The molecule has 0 spiro atoms. The molecule has 0 bridgehead atoms. The van der Waals surface area contributed by atoms with Gasteiger partial charge in [0.05, 0.1) is 0 Å². The molecular weight excluding hydrogens is 190 g/mol. The summed E-state index contributed by atoms with van der Waals surface area (Å²) in [6, 6.07) is 0. The number of rotatable bonds is 3. The van der Waals surface area contributed by atoms with E-state index in [4.69, 9.17) is 0 Å². The van der Waals surface area contributed by atoms with E-state index >= 15 is 0 Å². The lowest BCUT2D eigenvalue weighted by Gasteiger charge is -2.26. The minimum absolute atomic E-state index is 0.00683. The topological polar surface area (TPSA) is 57.8 Å². The van der Waals surface area contributed by atoms with Crippen LogP contribution in [0.1, 0.15) is 34.1 Å². The number of aromatic nitrogens is 2. The van der Waals surface area contributed by atoms with Crippen LogP contribution >= 0.6 is 0 Å². The van der Waals surface area contributed by atoms with E-state index in [1.807, 2.05) is 0 Å². The fourth-order valence-electron chi connectivity index (χ4n) is 1.10. The van der Waals surface area contributed by atoms with E-state index in [-0.39, 0.29) is 11.3 Å². The maximum atomic E-state index is 11.6. The molecule has 0 aliphatic rings. The fraction of sp³-hybridized carbons (Fsp3) is 0.636. The van der Waals surface area contributed by atoms with Gasteiger partial charge in [0, 0.05) is 18.8 Å². The van der Waals surface area contributed by atoms with E-state index in [1.54, 1.807) is 12.4 Å². The summed E-state index contributed by atoms with van der Waals surface area (Å²) in [4.78, 5) is 18.4. The Labute approximate surface area is 90.5 Å². The summed E-state index contributed by atoms with van der Waals surface area (Å²) in [6.07, 6.45) is 3.82. The van der Waals surface area contributed by atoms with Gasteiger partial charge in [0.2, 0.25) is 11.9 Å². The maximum absolute atomic E-state index is 11.6. The third-order valence-corrected chi connectivity index (χ3v) is 2.73. The molecule has 0 aliphatic carbocycles. The van der Waals surface area contributed by atoms with Gasteiger partial charge >= 0.3 is 0 Å². The summed E-state index contributed by atoms with van der Waals surface area (Å²) in [5.74, 6) is 0.862. The Hall–Kier alpha value is -1.32. The highest BCUT2D eigenvalue weighted by molar-refractivity contribution is 5.89. The summed E-state index contributed by atoms with van der Waals surface area (Å²) in [5, 5.41) is 2.72. The molecule has 0 fully saturated rings. The number of nitrogens with one attached hydrogen (secondary N) is 2. The second-order valence-corrected chi connectivity index (χ2v) is 4.96. The molecule has 0 aromatic carbocycles. The minimum Gasteiger partial charge on any atom is -0.331 e. The maximum Gasteiger partial charge on any atom is 0.226 e. The summed E-state index contributed by atoms with van der Waals surface area (Å²) in [5.41, 5.74) is 0.153. The molecule has 0 radical (unpaired) electrons. The number of amides is 1. The Bertz CT molecular complexity index is 311. The molecule has 0 aliphatic heterocycles. The molecule has 84 valence electrons. The predicted octanol–water partition coefficient (Wildman–Crippen LogP) is 2.42. The molecular formula is C11H19N3O. The Morgan fingerprint density at radius 1 is 1.60 bits per heavy atom. The summed E-state index contributed by atoms with van der Waals surface area (Å²) >= 11 is 0. The zero-order valence-corrected chi connectivity index (χ0v) is 9.79. The Morgan fingerprint density at radius 2 is 2.27 bits per heavy atom. The molecule has 0 saturated heterocycles. The molecule has 1 heterocycles. The largest absolute Gasteiger partial charge is 0.331 e. The first kappa shape index (κ1) is 11.8. The third kappa shape index (κ3) is 3.73. The molecule has 1 aromatic heterocycles. The van der Waals surface area contributed by atoms with E-state index in [2.05, 4.69) is 43.0 Å².